The second-order valence-corrected chi connectivity index (χ2v) is 5.11. The van der Waals surface area contributed by atoms with E-state index in [1.54, 1.807) is 14.2 Å². The highest BCUT2D eigenvalue weighted by molar-refractivity contribution is 5.97. The molecule has 1 aromatic heterocycles. The molecule has 2 aromatic carbocycles. The molecule has 3 rings (SSSR count). The highest BCUT2D eigenvalue weighted by Crippen LogP contribution is 2.36. The molecule has 0 saturated carbocycles. The number of ether oxygens (including phenoxy) is 2. The predicted molar refractivity (Wildman–Crippen MR) is 89.7 cm³/mol. The number of nitrogens with zero attached hydrogens (tertiary/aromatic N) is 1. The molecule has 0 amide bonds. The second kappa shape index (κ2) is 6.06. The summed E-state index contributed by atoms with van der Waals surface area (Å²) in [5, 5.41) is 2.18. The highest BCUT2D eigenvalue weighted by atomic mass is 16.5. The maximum absolute atomic E-state index is 5.44. The molecule has 0 saturated heterocycles. The van der Waals surface area contributed by atoms with E-state index in [1.165, 1.54) is 0 Å². The summed E-state index contributed by atoms with van der Waals surface area (Å²) in [5.41, 5.74) is 3.16. The van der Waals surface area contributed by atoms with Crippen molar-refractivity contribution in [3.63, 3.8) is 0 Å². The fourth-order valence-corrected chi connectivity index (χ4v) is 2.63. The normalized spacial score (nSPS) is 10.7. The van der Waals surface area contributed by atoms with Crippen molar-refractivity contribution in [3.8, 4) is 22.8 Å². The van der Waals surface area contributed by atoms with Gasteiger partial charge in [0.2, 0.25) is 0 Å². The summed E-state index contributed by atoms with van der Waals surface area (Å²) in [6.45, 7) is 2.11. The van der Waals surface area contributed by atoms with Gasteiger partial charge in [-0.05, 0) is 30.0 Å². The molecule has 3 aromatic rings. The molecule has 3 nitrogen and oxygen atoms in total. The number of aryl methyl sites for hydroxylation is 1. The van der Waals surface area contributed by atoms with E-state index in [-0.39, 0.29) is 0 Å². The van der Waals surface area contributed by atoms with Crippen molar-refractivity contribution >= 4 is 10.8 Å². The third-order valence-corrected chi connectivity index (χ3v) is 3.80. The predicted octanol–water partition coefficient (Wildman–Crippen LogP) is 4.48. The molecule has 22 heavy (non-hydrogen) atoms. The number of hydrogen-bond donors (Lipinski definition) is 0. The molecule has 0 atom stereocenters. The van der Waals surface area contributed by atoms with Crippen LogP contribution in [0.1, 0.15) is 12.6 Å². The average molecular weight is 293 g/mol. The van der Waals surface area contributed by atoms with Crippen molar-refractivity contribution in [1.82, 2.24) is 4.98 Å². The zero-order valence-corrected chi connectivity index (χ0v) is 13.1. The van der Waals surface area contributed by atoms with Gasteiger partial charge in [0.1, 0.15) is 0 Å². The molecule has 0 fully saturated rings. The SMILES string of the molecule is CCc1cc2cc(OC)c(OC)cc2c(-c2ccccc2)n1. The van der Waals surface area contributed by atoms with E-state index >= 15 is 0 Å². The monoisotopic (exact) mass is 293 g/mol. The Hall–Kier alpha value is -2.55. The van der Waals surface area contributed by atoms with Gasteiger partial charge in [-0.3, -0.25) is 4.98 Å². The lowest BCUT2D eigenvalue weighted by Crippen LogP contribution is -1.96. The zero-order valence-electron chi connectivity index (χ0n) is 13.1. The molecule has 0 aliphatic carbocycles. The van der Waals surface area contributed by atoms with Crippen LogP contribution in [0.4, 0.5) is 0 Å². The fourth-order valence-electron chi connectivity index (χ4n) is 2.63. The Morgan fingerprint density at radius 1 is 0.909 bits per heavy atom. The Bertz CT molecular complexity index is 797. The third-order valence-electron chi connectivity index (χ3n) is 3.80. The summed E-state index contributed by atoms with van der Waals surface area (Å²) in [7, 11) is 3.31. The smallest absolute Gasteiger partial charge is 0.161 e. The summed E-state index contributed by atoms with van der Waals surface area (Å²) >= 11 is 0. The van der Waals surface area contributed by atoms with Crippen LogP contribution < -0.4 is 9.47 Å². The summed E-state index contributed by atoms with van der Waals surface area (Å²) < 4.78 is 10.9. The van der Waals surface area contributed by atoms with Crippen LogP contribution in [-0.2, 0) is 6.42 Å². The largest absolute Gasteiger partial charge is 0.493 e. The lowest BCUT2D eigenvalue weighted by Gasteiger charge is -2.13. The molecular formula is C19H19NO2. The van der Waals surface area contributed by atoms with E-state index in [1.807, 2.05) is 30.3 Å². The van der Waals surface area contributed by atoms with E-state index in [0.29, 0.717) is 0 Å². The first-order chi connectivity index (χ1) is 10.8. The Labute approximate surface area is 130 Å². The molecule has 3 heteroatoms. The topological polar surface area (TPSA) is 31.4 Å². The first kappa shape index (κ1) is 14.4. The van der Waals surface area contributed by atoms with Crippen LogP contribution in [0.3, 0.4) is 0 Å². The van der Waals surface area contributed by atoms with E-state index in [2.05, 4.69) is 25.1 Å². The van der Waals surface area contributed by atoms with Crippen LogP contribution >= 0.6 is 0 Å². The third kappa shape index (κ3) is 2.50. The van der Waals surface area contributed by atoms with E-state index in [4.69, 9.17) is 14.5 Å². The van der Waals surface area contributed by atoms with Crippen molar-refractivity contribution in [3.05, 3.63) is 54.2 Å². The number of methoxy groups -OCH3 is 2. The molecule has 0 aliphatic rings. The Kier molecular flexibility index (Phi) is 3.96. The van der Waals surface area contributed by atoms with Crippen molar-refractivity contribution in [2.45, 2.75) is 13.3 Å². The number of pyridine rings is 1. The van der Waals surface area contributed by atoms with Crippen LogP contribution in [0, 0.1) is 0 Å². The van der Waals surface area contributed by atoms with Crippen LogP contribution in [0.15, 0.2) is 48.5 Å². The van der Waals surface area contributed by atoms with Gasteiger partial charge >= 0.3 is 0 Å². The Morgan fingerprint density at radius 3 is 2.23 bits per heavy atom. The number of fused-ring (bicyclic) bond motifs is 1. The van der Waals surface area contributed by atoms with Crippen LogP contribution in [0.5, 0.6) is 11.5 Å². The minimum absolute atomic E-state index is 0.721. The zero-order chi connectivity index (χ0) is 15.5. The standard InChI is InChI=1S/C19H19NO2/c1-4-15-10-14-11-17(21-2)18(22-3)12-16(14)19(20-15)13-8-6-5-7-9-13/h5-12H,4H2,1-3H3. The quantitative estimate of drug-likeness (QED) is 0.710. The maximum atomic E-state index is 5.44. The average Bonchev–Trinajstić information content (AvgIpc) is 2.60. The van der Waals surface area contributed by atoms with Gasteiger partial charge in [-0.15, -0.1) is 0 Å². The van der Waals surface area contributed by atoms with Crippen molar-refractivity contribution in [2.75, 3.05) is 14.2 Å². The molecule has 0 bridgehead atoms. The summed E-state index contributed by atoms with van der Waals surface area (Å²) in [6.07, 6.45) is 0.893. The lowest BCUT2D eigenvalue weighted by molar-refractivity contribution is 0.356. The first-order valence-corrected chi connectivity index (χ1v) is 7.38. The summed E-state index contributed by atoms with van der Waals surface area (Å²) in [6, 6.07) is 16.4. The lowest BCUT2D eigenvalue weighted by atomic mass is 10.0. The van der Waals surface area contributed by atoms with Crippen LogP contribution in [0.25, 0.3) is 22.0 Å². The van der Waals surface area contributed by atoms with Gasteiger partial charge in [0.05, 0.1) is 19.9 Å². The molecular weight excluding hydrogens is 274 g/mol. The Morgan fingerprint density at radius 2 is 1.59 bits per heavy atom. The first-order valence-electron chi connectivity index (χ1n) is 7.38. The minimum atomic E-state index is 0.721. The van der Waals surface area contributed by atoms with Crippen LogP contribution in [-0.4, -0.2) is 19.2 Å². The Balaban J connectivity index is 2.34. The van der Waals surface area contributed by atoms with Gasteiger partial charge in [-0.1, -0.05) is 37.3 Å². The van der Waals surface area contributed by atoms with Crippen molar-refractivity contribution in [1.29, 1.82) is 0 Å². The van der Waals surface area contributed by atoms with Gasteiger partial charge < -0.3 is 9.47 Å². The highest BCUT2D eigenvalue weighted by Gasteiger charge is 2.12. The molecule has 0 radical (unpaired) electrons. The molecule has 0 spiro atoms. The molecule has 0 aliphatic heterocycles. The van der Waals surface area contributed by atoms with Gasteiger partial charge in [-0.2, -0.15) is 0 Å². The minimum Gasteiger partial charge on any atom is -0.493 e. The van der Waals surface area contributed by atoms with E-state index in [9.17, 15) is 0 Å². The van der Waals surface area contributed by atoms with E-state index < -0.39 is 0 Å². The number of aromatic nitrogens is 1. The molecule has 0 unspecified atom stereocenters. The van der Waals surface area contributed by atoms with Crippen molar-refractivity contribution in [2.24, 2.45) is 0 Å². The number of rotatable bonds is 4. The van der Waals surface area contributed by atoms with Crippen LogP contribution in [0.2, 0.25) is 0 Å². The van der Waals surface area contributed by atoms with Gasteiger partial charge in [0, 0.05) is 16.6 Å². The summed E-state index contributed by atoms with van der Waals surface area (Å²) in [4.78, 5) is 4.82. The number of benzene rings is 2. The van der Waals surface area contributed by atoms with Gasteiger partial charge in [-0.25, -0.2) is 0 Å². The van der Waals surface area contributed by atoms with E-state index in [0.717, 1.165) is 45.6 Å². The molecule has 112 valence electrons. The molecule has 1 heterocycles. The summed E-state index contributed by atoms with van der Waals surface area (Å²) in [5.74, 6) is 1.46. The number of hydrogen-bond acceptors (Lipinski definition) is 3. The van der Waals surface area contributed by atoms with Gasteiger partial charge in [0.25, 0.3) is 0 Å². The maximum Gasteiger partial charge on any atom is 0.161 e. The fraction of sp³-hybridized carbons (Fsp3) is 0.211. The second-order valence-electron chi connectivity index (χ2n) is 5.11. The van der Waals surface area contributed by atoms with Gasteiger partial charge in [0.15, 0.2) is 11.5 Å². The molecule has 0 N–H and O–H groups in total. The van der Waals surface area contributed by atoms with Crippen molar-refractivity contribution < 1.29 is 9.47 Å².